The minimum absolute atomic E-state index is 0. The van der Waals surface area contributed by atoms with E-state index in [0.717, 1.165) is 12.8 Å². The molecule has 0 aromatic rings. The van der Waals surface area contributed by atoms with Crippen LogP contribution in [0.25, 0.3) is 0 Å². The smallest absolute Gasteiger partial charge is 0.854 e. The van der Waals surface area contributed by atoms with Crippen LogP contribution in [-0.2, 0) is 0 Å². The molecule has 0 heterocycles. The van der Waals surface area contributed by atoms with Crippen molar-refractivity contribution in [2.24, 2.45) is 0 Å². The van der Waals surface area contributed by atoms with Crippen LogP contribution in [-0.4, -0.2) is 24.0 Å². The van der Waals surface area contributed by atoms with Crippen LogP contribution in [0.5, 0.6) is 0 Å². The molecule has 0 aliphatic rings. The summed E-state index contributed by atoms with van der Waals surface area (Å²) in [7, 11) is 0. The molecule has 0 rings (SSSR count). The predicted octanol–water partition coefficient (Wildman–Crippen LogP) is 0.936. The molecule has 0 unspecified atom stereocenters. The third-order valence-corrected chi connectivity index (χ3v) is 1.25. The molecule has 0 N–H and O–H groups in total. The van der Waals surface area contributed by atoms with Gasteiger partial charge in [-0.3, -0.25) is 0 Å². The summed E-state index contributed by atoms with van der Waals surface area (Å²) in [5.41, 5.74) is 0. The number of rotatable bonds is 5. The predicted molar refractivity (Wildman–Crippen MR) is 39.4 cm³/mol. The van der Waals surface area contributed by atoms with Crippen molar-refractivity contribution in [3.8, 4) is 0 Å². The molecule has 0 aromatic heterocycles. The van der Waals surface area contributed by atoms with Crippen molar-refractivity contribution >= 4 is 17.4 Å². The Hall–Kier alpha value is 0.492. The van der Waals surface area contributed by atoms with E-state index in [1.807, 2.05) is 0 Å². The fourth-order valence-electron chi connectivity index (χ4n) is 0.706. The van der Waals surface area contributed by atoms with E-state index in [9.17, 15) is 5.11 Å². The summed E-state index contributed by atoms with van der Waals surface area (Å²) < 4.78 is 0. The summed E-state index contributed by atoms with van der Waals surface area (Å²) in [6.07, 6.45) is 5.81. The van der Waals surface area contributed by atoms with Gasteiger partial charge in [0.05, 0.1) is 0 Å². The van der Waals surface area contributed by atoms with E-state index in [0.29, 0.717) is 0 Å². The van der Waals surface area contributed by atoms with E-state index >= 15 is 0 Å². The van der Waals surface area contributed by atoms with Gasteiger partial charge in [-0.05, 0) is 0 Å². The molecule has 0 radical (unpaired) electrons. The molecule has 0 fully saturated rings. The first-order chi connectivity index (χ1) is 3.91. The van der Waals surface area contributed by atoms with Crippen LogP contribution in [0.15, 0.2) is 0 Å². The molecule has 0 atom stereocenters. The Labute approximate surface area is 68.6 Å². The van der Waals surface area contributed by atoms with E-state index in [1.165, 1.54) is 19.3 Å². The van der Waals surface area contributed by atoms with Crippen molar-refractivity contribution in [1.29, 1.82) is 0 Å². The zero-order valence-electron chi connectivity index (χ0n) is 6.23. The van der Waals surface area contributed by atoms with E-state index in [1.54, 1.807) is 0 Å². The number of hydrogen-bond donors (Lipinski definition) is 0. The topological polar surface area (TPSA) is 23.1 Å². The van der Waals surface area contributed by atoms with Crippen LogP contribution in [0.3, 0.4) is 0 Å². The second-order valence-electron chi connectivity index (χ2n) is 2.12. The van der Waals surface area contributed by atoms with E-state index in [4.69, 9.17) is 0 Å². The van der Waals surface area contributed by atoms with Gasteiger partial charge in [-0.1, -0.05) is 39.0 Å². The minimum Gasteiger partial charge on any atom is -0.854 e. The molecule has 0 amide bonds. The number of unbranched alkanes of at least 4 members (excludes halogenated alkanes) is 4. The normalized spacial score (nSPS) is 8.67. The second kappa shape index (κ2) is 11.3. The third kappa shape index (κ3) is 11.9. The van der Waals surface area contributed by atoms with Gasteiger partial charge in [-0.15, -0.1) is 6.61 Å². The molecule has 0 bridgehead atoms. The van der Waals surface area contributed by atoms with Gasteiger partial charge in [0, 0.05) is 0 Å². The van der Waals surface area contributed by atoms with Crippen molar-refractivity contribution in [3.63, 3.8) is 0 Å². The Morgan fingerprint density at radius 2 is 1.56 bits per heavy atom. The van der Waals surface area contributed by atoms with Gasteiger partial charge in [0.1, 0.15) is 0 Å². The van der Waals surface area contributed by atoms with E-state index in [2.05, 4.69) is 6.92 Å². The maximum Gasteiger partial charge on any atom is 3.00 e. The molecule has 0 spiro atoms. The van der Waals surface area contributed by atoms with Crippen LogP contribution >= 0.6 is 0 Å². The first kappa shape index (κ1) is 12.2. The van der Waals surface area contributed by atoms with Gasteiger partial charge in [0.2, 0.25) is 0 Å². The van der Waals surface area contributed by atoms with Gasteiger partial charge < -0.3 is 5.11 Å². The summed E-state index contributed by atoms with van der Waals surface area (Å²) >= 11 is 0. The van der Waals surface area contributed by atoms with Crippen molar-refractivity contribution in [2.75, 3.05) is 6.61 Å². The maximum absolute atomic E-state index is 9.89. The Morgan fingerprint density at radius 3 is 2.00 bits per heavy atom. The molecule has 0 saturated heterocycles. The molecular formula is C7H15AlO+2. The van der Waals surface area contributed by atoms with Gasteiger partial charge in [0.25, 0.3) is 0 Å². The maximum atomic E-state index is 9.89. The van der Waals surface area contributed by atoms with E-state index in [-0.39, 0.29) is 24.0 Å². The average molecular weight is 142 g/mol. The Bertz CT molecular complexity index is 33.9. The monoisotopic (exact) mass is 142 g/mol. The number of hydrogen-bond acceptors (Lipinski definition) is 1. The first-order valence-electron chi connectivity index (χ1n) is 3.50. The molecule has 1 nitrogen and oxygen atoms in total. The van der Waals surface area contributed by atoms with Gasteiger partial charge in [-0.25, -0.2) is 0 Å². The molecular weight excluding hydrogens is 127 g/mol. The molecule has 0 aliphatic heterocycles. The molecule has 50 valence electrons. The van der Waals surface area contributed by atoms with Gasteiger partial charge >= 0.3 is 17.4 Å². The minimum atomic E-state index is 0. The van der Waals surface area contributed by atoms with E-state index < -0.39 is 0 Å². The Kier molecular flexibility index (Phi) is 15.3. The van der Waals surface area contributed by atoms with Crippen LogP contribution in [0.1, 0.15) is 39.0 Å². The van der Waals surface area contributed by atoms with Crippen molar-refractivity contribution < 1.29 is 5.11 Å². The zero-order chi connectivity index (χ0) is 6.24. The zero-order valence-corrected chi connectivity index (χ0v) is 7.38. The summed E-state index contributed by atoms with van der Waals surface area (Å²) in [4.78, 5) is 0. The van der Waals surface area contributed by atoms with Crippen molar-refractivity contribution in [3.05, 3.63) is 0 Å². The SMILES string of the molecule is CCCCCCC[O-].[Al+3]. The van der Waals surface area contributed by atoms with Crippen molar-refractivity contribution in [2.45, 2.75) is 39.0 Å². The largest absolute Gasteiger partial charge is 3.00 e. The summed E-state index contributed by atoms with van der Waals surface area (Å²) in [6, 6.07) is 0. The fraction of sp³-hybridized carbons (Fsp3) is 1.00. The molecule has 0 saturated carbocycles. The Balaban J connectivity index is 0. The van der Waals surface area contributed by atoms with Crippen LogP contribution in [0.4, 0.5) is 0 Å². The molecule has 0 aromatic carbocycles. The summed E-state index contributed by atoms with van der Waals surface area (Å²) in [6.45, 7) is 2.29. The fourth-order valence-corrected chi connectivity index (χ4v) is 0.706. The van der Waals surface area contributed by atoms with Crippen LogP contribution < -0.4 is 5.11 Å². The quantitative estimate of drug-likeness (QED) is 0.414. The third-order valence-electron chi connectivity index (χ3n) is 1.25. The standard InChI is InChI=1S/C7H15O.Al/c1-2-3-4-5-6-7-8;/h2-7H2,1H3;/q-1;+3. The molecule has 0 aliphatic carbocycles. The first-order valence-corrected chi connectivity index (χ1v) is 3.50. The molecule has 9 heavy (non-hydrogen) atoms. The molecule has 2 heteroatoms. The Morgan fingerprint density at radius 1 is 1.00 bits per heavy atom. The van der Waals surface area contributed by atoms with Crippen LogP contribution in [0, 0.1) is 0 Å². The van der Waals surface area contributed by atoms with Gasteiger partial charge in [-0.2, -0.15) is 0 Å². The van der Waals surface area contributed by atoms with Gasteiger partial charge in [0.15, 0.2) is 0 Å². The average Bonchev–Trinajstić information content (AvgIpc) is 1.81. The van der Waals surface area contributed by atoms with Crippen LogP contribution in [0.2, 0.25) is 0 Å². The summed E-state index contributed by atoms with van der Waals surface area (Å²) in [5.74, 6) is 0. The second-order valence-corrected chi connectivity index (χ2v) is 2.12. The van der Waals surface area contributed by atoms with Crippen molar-refractivity contribution in [1.82, 2.24) is 0 Å². The summed E-state index contributed by atoms with van der Waals surface area (Å²) in [5, 5.41) is 9.89.